The normalized spacial score (nSPS) is 15.7. The average molecular weight is 346 g/mol. The van der Waals surface area contributed by atoms with Gasteiger partial charge < -0.3 is 14.4 Å². The van der Waals surface area contributed by atoms with E-state index in [9.17, 15) is 17.6 Å². The van der Waals surface area contributed by atoms with Crippen LogP contribution < -0.4 is 4.74 Å². The summed E-state index contributed by atoms with van der Waals surface area (Å²) < 4.78 is 49.6. The Labute approximate surface area is 134 Å². The Bertz CT molecular complexity index is 674. The van der Waals surface area contributed by atoms with Crippen molar-refractivity contribution in [3.8, 4) is 5.75 Å². The quantitative estimate of drug-likeness (QED) is 0.767. The van der Waals surface area contributed by atoms with E-state index in [0.29, 0.717) is 26.3 Å². The van der Waals surface area contributed by atoms with Crippen molar-refractivity contribution in [1.82, 2.24) is 9.21 Å². The van der Waals surface area contributed by atoms with Gasteiger partial charge in [0.25, 0.3) is 0 Å². The maximum absolute atomic E-state index is 13.4. The lowest BCUT2D eigenvalue weighted by Gasteiger charge is -2.28. The number of amides is 1. The van der Waals surface area contributed by atoms with E-state index in [2.05, 4.69) is 0 Å². The van der Waals surface area contributed by atoms with E-state index in [4.69, 9.17) is 9.47 Å². The van der Waals surface area contributed by atoms with Gasteiger partial charge in [-0.2, -0.15) is 4.31 Å². The van der Waals surface area contributed by atoms with Gasteiger partial charge in [0.2, 0.25) is 15.9 Å². The van der Waals surface area contributed by atoms with Crippen LogP contribution in [0.3, 0.4) is 0 Å². The average Bonchev–Trinajstić information content (AvgIpc) is 2.55. The first-order valence-electron chi connectivity index (χ1n) is 7.01. The van der Waals surface area contributed by atoms with Crippen LogP contribution in [0, 0.1) is 5.82 Å². The fourth-order valence-electron chi connectivity index (χ4n) is 2.21. The number of nitrogens with zero attached hydrogens (tertiary/aromatic N) is 2. The van der Waals surface area contributed by atoms with Crippen LogP contribution in [-0.2, 0) is 19.6 Å². The van der Waals surface area contributed by atoms with Crippen LogP contribution in [0.4, 0.5) is 4.39 Å². The summed E-state index contributed by atoms with van der Waals surface area (Å²) in [5.41, 5.74) is 0. The third kappa shape index (κ3) is 3.98. The molecule has 1 fully saturated rings. The molecule has 128 valence electrons. The zero-order valence-corrected chi connectivity index (χ0v) is 13.8. The molecule has 0 atom stereocenters. The summed E-state index contributed by atoms with van der Waals surface area (Å²) in [5, 5.41) is 0. The number of carbonyl (C=O) groups excluding carboxylic acids is 1. The molecule has 1 aliphatic rings. The van der Waals surface area contributed by atoms with Crippen molar-refractivity contribution in [2.75, 3.05) is 47.0 Å². The molecule has 2 rings (SSSR count). The minimum absolute atomic E-state index is 0.0251. The zero-order valence-electron chi connectivity index (χ0n) is 13.0. The molecule has 0 radical (unpaired) electrons. The highest BCUT2D eigenvalue weighted by molar-refractivity contribution is 7.89. The lowest BCUT2D eigenvalue weighted by Crippen LogP contribution is -2.46. The second-order valence-electron chi connectivity index (χ2n) is 5.05. The third-order valence-corrected chi connectivity index (χ3v) is 5.36. The maximum Gasteiger partial charge on any atom is 0.247 e. The SMILES string of the molecule is COc1ccc(F)cc1S(=O)(=O)N(C)CC(=O)N1CCOCC1. The summed E-state index contributed by atoms with van der Waals surface area (Å²) in [5.74, 6) is -0.996. The number of halogens is 1. The van der Waals surface area contributed by atoms with Gasteiger partial charge >= 0.3 is 0 Å². The number of methoxy groups -OCH3 is 1. The Morgan fingerprint density at radius 1 is 1.39 bits per heavy atom. The lowest BCUT2D eigenvalue weighted by atomic mass is 10.3. The second-order valence-corrected chi connectivity index (χ2v) is 7.06. The van der Waals surface area contributed by atoms with Crippen LogP contribution >= 0.6 is 0 Å². The maximum atomic E-state index is 13.4. The molecule has 1 aromatic rings. The summed E-state index contributed by atoms with van der Waals surface area (Å²) in [6.07, 6.45) is 0. The van der Waals surface area contributed by atoms with Gasteiger partial charge in [0.05, 0.1) is 26.9 Å². The summed E-state index contributed by atoms with van der Waals surface area (Å²) in [6, 6.07) is 3.22. The fraction of sp³-hybridized carbons (Fsp3) is 0.500. The van der Waals surface area contributed by atoms with Crippen LogP contribution in [0.1, 0.15) is 0 Å². The number of hydrogen-bond acceptors (Lipinski definition) is 5. The Balaban J connectivity index is 2.18. The van der Waals surface area contributed by atoms with E-state index in [0.717, 1.165) is 16.4 Å². The second kappa shape index (κ2) is 7.24. The summed E-state index contributed by atoms with van der Waals surface area (Å²) in [6.45, 7) is 1.38. The van der Waals surface area contributed by atoms with Crippen molar-refractivity contribution in [1.29, 1.82) is 0 Å². The molecule has 0 unspecified atom stereocenters. The van der Waals surface area contributed by atoms with Crippen molar-refractivity contribution < 1.29 is 27.1 Å². The molecular weight excluding hydrogens is 327 g/mol. The zero-order chi connectivity index (χ0) is 17.0. The monoisotopic (exact) mass is 346 g/mol. The minimum atomic E-state index is -4.05. The van der Waals surface area contributed by atoms with Crippen molar-refractivity contribution in [2.45, 2.75) is 4.90 Å². The molecule has 0 aromatic heterocycles. The topological polar surface area (TPSA) is 76.2 Å². The molecule has 1 aliphatic heterocycles. The fourth-order valence-corrected chi connectivity index (χ4v) is 3.49. The van der Waals surface area contributed by atoms with E-state index in [1.165, 1.54) is 20.2 Å². The summed E-state index contributed by atoms with van der Waals surface area (Å²) >= 11 is 0. The Kier molecular flexibility index (Phi) is 5.55. The van der Waals surface area contributed by atoms with Gasteiger partial charge in [-0.15, -0.1) is 0 Å². The number of morpholine rings is 1. The summed E-state index contributed by atoms with van der Waals surface area (Å²) in [4.78, 5) is 13.4. The van der Waals surface area contributed by atoms with Crippen LogP contribution in [0.25, 0.3) is 0 Å². The van der Waals surface area contributed by atoms with Gasteiger partial charge in [-0.05, 0) is 18.2 Å². The Morgan fingerprint density at radius 2 is 2.04 bits per heavy atom. The highest BCUT2D eigenvalue weighted by atomic mass is 32.2. The molecule has 0 spiro atoms. The molecule has 1 amide bonds. The number of rotatable bonds is 5. The largest absolute Gasteiger partial charge is 0.495 e. The number of hydrogen-bond donors (Lipinski definition) is 0. The molecular formula is C14H19FN2O5S. The van der Waals surface area contributed by atoms with Crippen LogP contribution in [-0.4, -0.2) is 70.5 Å². The molecule has 1 saturated heterocycles. The van der Waals surface area contributed by atoms with E-state index in [1.54, 1.807) is 4.90 Å². The van der Waals surface area contributed by atoms with Gasteiger partial charge in [0.1, 0.15) is 16.5 Å². The molecule has 9 heteroatoms. The van der Waals surface area contributed by atoms with Crippen molar-refractivity contribution in [3.05, 3.63) is 24.0 Å². The molecule has 1 aromatic carbocycles. The van der Waals surface area contributed by atoms with Crippen molar-refractivity contribution in [2.24, 2.45) is 0 Å². The number of carbonyl (C=O) groups is 1. The van der Waals surface area contributed by atoms with Crippen LogP contribution in [0.5, 0.6) is 5.75 Å². The van der Waals surface area contributed by atoms with Crippen molar-refractivity contribution >= 4 is 15.9 Å². The number of likely N-dealkylation sites (N-methyl/N-ethyl adjacent to an activating group) is 1. The summed E-state index contributed by atoms with van der Waals surface area (Å²) in [7, 11) is -1.48. The molecule has 0 saturated carbocycles. The first-order chi connectivity index (χ1) is 10.9. The van der Waals surface area contributed by atoms with Gasteiger partial charge in [0.15, 0.2) is 0 Å². The van der Waals surface area contributed by atoms with Gasteiger partial charge in [-0.1, -0.05) is 0 Å². The first-order valence-corrected chi connectivity index (χ1v) is 8.45. The third-order valence-electron chi connectivity index (χ3n) is 3.54. The van der Waals surface area contributed by atoms with Crippen LogP contribution in [0.15, 0.2) is 23.1 Å². The molecule has 0 N–H and O–H groups in total. The molecule has 1 heterocycles. The smallest absolute Gasteiger partial charge is 0.247 e. The van der Waals surface area contributed by atoms with Crippen molar-refractivity contribution in [3.63, 3.8) is 0 Å². The predicted octanol–water partition coefficient (Wildman–Crippen LogP) is 0.314. The highest BCUT2D eigenvalue weighted by Gasteiger charge is 2.29. The van der Waals surface area contributed by atoms with E-state index < -0.39 is 15.8 Å². The van der Waals surface area contributed by atoms with Gasteiger partial charge in [-0.25, -0.2) is 12.8 Å². The van der Waals surface area contributed by atoms with E-state index in [-0.39, 0.29) is 23.1 Å². The molecule has 0 bridgehead atoms. The molecule has 7 nitrogen and oxygen atoms in total. The number of benzene rings is 1. The van der Waals surface area contributed by atoms with E-state index >= 15 is 0 Å². The number of sulfonamides is 1. The van der Waals surface area contributed by atoms with Gasteiger partial charge in [-0.3, -0.25) is 4.79 Å². The van der Waals surface area contributed by atoms with E-state index in [1.807, 2.05) is 0 Å². The predicted molar refractivity (Wildman–Crippen MR) is 80.2 cm³/mol. The number of ether oxygens (including phenoxy) is 2. The highest BCUT2D eigenvalue weighted by Crippen LogP contribution is 2.26. The first kappa shape index (κ1) is 17.6. The Morgan fingerprint density at radius 3 is 2.65 bits per heavy atom. The van der Waals surface area contributed by atoms with Crippen LogP contribution in [0.2, 0.25) is 0 Å². The molecule has 23 heavy (non-hydrogen) atoms. The molecule has 0 aliphatic carbocycles. The minimum Gasteiger partial charge on any atom is -0.495 e. The Hall–Kier alpha value is -1.71. The standard InChI is InChI=1S/C14H19FN2O5S/c1-16(10-14(18)17-5-7-22-8-6-17)23(19,20)13-9-11(15)3-4-12(13)21-2/h3-4,9H,5-8,10H2,1-2H3. The van der Waals surface area contributed by atoms with Gasteiger partial charge in [0, 0.05) is 20.1 Å². The lowest BCUT2D eigenvalue weighted by molar-refractivity contribution is -0.135.